The van der Waals surface area contributed by atoms with E-state index in [1.165, 1.54) is 0 Å². The summed E-state index contributed by atoms with van der Waals surface area (Å²) in [5.41, 5.74) is 1.12. The van der Waals surface area contributed by atoms with Crippen LogP contribution in [0.5, 0.6) is 0 Å². The van der Waals surface area contributed by atoms with Gasteiger partial charge in [-0.1, -0.05) is 37.0 Å². The highest BCUT2D eigenvalue weighted by Gasteiger charge is 2.06. The number of hydrogen-bond acceptors (Lipinski definition) is 0. The van der Waals surface area contributed by atoms with Gasteiger partial charge in [0.15, 0.2) is 0 Å². The van der Waals surface area contributed by atoms with Crippen LogP contribution in [-0.4, -0.2) is 4.57 Å². The lowest BCUT2D eigenvalue weighted by Crippen LogP contribution is -1.99. The SMILES string of the molecule is CC(C)CCn1ccc2c(Cl)cc(Cl)cc21. The van der Waals surface area contributed by atoms with Crippen molar-refractivity contribution < 1.29 is 0 Å². The Kier molecular flexibility index (Phi) is 3.46. The number of benzene rings is 1. The van der Waals surface area contributed by atoms with Crippen molar-refractivity contribution >= 4 is 34.1 Å². The Morgan fingerprint density at radius 3 is 2.69 bits per heavy atom. The van der Waals surface area contributed by atoms with Crippen LogP contribution in [0, 0.1) is 5.92 Å². The van der Waals surface area contributed by atoms with Gasteiger partial charge in [0.2, 0.25) is 0 Å². The third-order valence-electron chi connectivity index (χ3n) is 2.75. The fraction of sp³-hybridized carbons (Fsp3) is 0.385. The number of fused-ring (bicyclic) bond motifs is 1. The van der Waals surface area contributed by atoms with Gasteiger partial charge in [0.1, 0.15) is 0 Å². The molecule has 0 saturated carbocycles. The smallest absolute Gasteiger partial charge is 0.0514 e. The zero-order valence-corrected chi connectivity index (χ0v) is 11.0. The van der Waals surface area contributed by atoms with E-state index >= 15 is 0 Å². The van der Waals surface area contributed by atoms with E-state index in [2.05, 4.69) is 24.6 Å². The fourth-order valence-corrected chi connectivity index (χ4v) is 2.36. The predicted octanol–water partition coefficient (Wildman–Crippen LogP) is 4.99. The molecule has 0 aliphatic rings. The lowest BCUT2D eigenvalue weighted by atomic mass is 10.1. The molecular formula is C13H15Cl2N. The van der Waals surface area contributed by atoms with Gasteiger partial charge in [0, 0.05) is 23.2 Å². The lowest BCUT2D eigenvalue weighted by Gasteiger charge is -2.08. The molecule has 1 heterocycles. The first-order valence-electron chi connectivity index (χ1n) is 5.52. The normalized spacial score (nSPS) is 11.6. The van der Waals surface area contributed by atoms with Crippen molar-refractivity contribution in [1.82, 2.24) is 4.57 Å². The molecule has 0 amide bonds. The standard InChI is InChI=1S/C13H15Cl2N/c1-9(2)3-5-16-6-4-11-12(15)7-10(14)8-13(11)16/h4,6-9H,3,5H2,1-2H3. The van der Waals surface area contributed by atoms with Gasteiger partial charge in [0.05, 0.1) is 10.5 Å². The van der Waals surface area contributed by atoms with Crippen LogP contribution in [0.2, 0.25) is 10.0 Å². The Morgan fingerprint density at radius 1 is 1.25 bits per heavy atom. The fourth-order valence-electron chi connectivity index (χ4n) is 1.81. The molecule has 1 nitrogen and oxygen atoms in total. The summed E-state index contributed by atoms with van der Waals surface area (Å²) in [5, 5.41) is 2.50. The van der Waals surface area contributed by atoms with Gasteiger partial charge in [-0.05, 0) is 30.5 Å². The highest BCUT2D eigenvalue weighted by molar-refractivity contribution is 6.38. The third-order valence-corrected chi connectivity index (χ3v) is 3.28. The molecule has 2 aromatic rings. The van der Waals surface area contributed by atoms with Crippen LogP contribution in [0.1, 0.15) is 20.3 Å². The maximum atomic E-state index is 6.14. The Balaban J connectivity index is 2.40. The van der Waals surface area contributed by atoms with Crippen LogP contribution in [0.3, 0.4) is 0 Å². The number of hydrogen-bond donors (Lipinski definition) is 0. The van der Waals surface area contributed by atoms with Gasteiger partial charge in [0.25, 0.3) is 0 Å². The Bertz CT molecular complexity index is 500. The minimum atomic E-state index is 0.696. The van der Waals surface area contributed by atoms with Crippen molar-refractivity contribution in [2.75, 3.05) is 0 Å². The van der Waals surface area contributed by atoms with Crippen molar-refractivity contribution in [3.05, 3.63) is 34.4 Å². The van der Waals surface area contributed by atoms with Gasteiger partial charge in [-0.2, -0.15) is 0 Å². The van der Waals surface area contributed by atoms with Crippen LogP contribution < -0.4 is 0 Å². The first-order valence-corrected chi connectivity index (χ1v) is 6.27. The molecule has 0 unspecified atom stereocenters. The Hall–Kier alpha value is -0.660. The number of rotatable bonds is 3. The average Bonchev–Trinajstić information content (AvgIpc) is 2.58. The van der Waals surface area contributed by atoms with E-state index in [1.807, 2.05) is 12.1 Å². The molecule has 1 aromatic heterocycles. The molecule has 1 aromatic carbocycles. The Labute approximate surface area is 106 Å². The third kappa shape index (κ3) is 2.36. The highest BCUT2D eigenvalue weighted by atomic mass is 35.5. The van der Waals surface area contributed by atoms with Crippen molar-refractivity contribution in [2.45, 2.75) is 26.8 Å². The Morgan fingerprint density at radius 2 is 2.00 bits per heavy atom. The van der Waals surface area contributed by atoms with E-state index in [0.717, 1.165) is 28.9 Å². The van der Waals surface area contributed by atoms with Crippen LogP contribution in [0.15, 0.2) is 24.4 Å². The summed E-state index contributed by atoms with van der Waals surface area (Å²) in [7, 11) is 0. The second kappa shape index (κ2) is 4.68. The van der Waals surface area contributed by atoms with Crippen LogP contribution in [0.25, 0.3) is 10.9 Å². The summed E-state index contributed by atoms with van der Waals surface area (Å²) in [6, 6.07) is 5.82. The van der Waals surface area contributed by atoms with Crippen LogP contribution in [-0.2, 0) is 6.54 Å². The number of nitrogens with zero attached hydrogens (tertiary/aromatic N) is 1. The van der Waals surface area contributed by atoms with Crippen LogP contribution in [0.4, 0.5) is 0 Å². The lowest BCUT2D eigenvalue weighted by molar-refractivity contribution is 0.524. The van der Waals surface area contributed by atoms with E-state index in [0.29, 0.717) is 10.9 Å². The summed E-state index contributed by atoms with van der Waals surface area (Å²) in [6.07, 6.45) is 3.24. The highest BCUT2D eigenvalue weighted by Crippen LogP contribution is 2.29. The van der Waals surface area contributed by atoms with Gasteiger partial charge in [-0.3, -0.25) is 0 Å². The van der Waals surface area contributed by atoms with Crippen LogP contribution >= 0.6 is 23.2 Å². The van der Waals surface area contributed by atoms with E-state index < -0.39 is 0 Å². The first kappa shape index (κ1) is 11.8. The topological polar surface area (TPSA) is 4.93 Å². The summed E-state index contributed by atoms with van der Waals surface area (Å²) in [5.74, 6) is 0.701. The summed E-state index contributed by atoms with van der Waals surface area (Å²) >= 11 is 12.2. The van der Waals surface area contributed by atoms with E-state index in [9.17, 15) is 0 Å². The second-order valence-corrected chi connectivity index (χ2v) is 5.36. The summed E-state index contributed by atoms with van der Waals surface area (Å²) in [4.78, 5) is 0. The van der Waals surface area contributed by atoms with Gasteiger partial charge in [-0.25, -0.2) is 0 Å². The molecule has 0 fully saturated rings. The molecule has 0 saturated heterocycles. The molecule has 0 N–H and O–H groups in total. The number of aromatic nitrogens is 1. The van der Waals surface area contributed by atoms with Crippen molar-refractivity contribution in [1.29, 1.82) is 0 Å². The summed E-state index contributed by atoms with van der Waals surface area (Å²) in [6.45, 7) is 5.47. The molecule has 0 spiro atoms. The monoisotopic (exact) mass is 255 g/mol. The number of halogens is 2. The van der Waals surface area contributed by atoms with Crippen molar-refractivity contribution in [3.8, 4) is 0 Å². The van der Waals surface area contributed by atoms with Gasteiger partial charge in [-0.15, -0.1) is 0 Å². The van der Waals surface area contributed by atoms with E-state index in [1.54, 1.807) is 6.07 Å². The van der Waals surface area contributed by atoms with E-state index in [-0.39, 0.29) is 0 Å². The molecule has 0 radical (unpaired) electrons. The average molecular weight is 256 g/mol. The maximum Gasteiger partial charge on any atom is 0.0514 e. The minimum absolute atomic E-state index is 0.696. The zero-order valence-electron chi connectivity index (χ0n) is 9.50. The van der Waals surface area contributed by atoms with Gasteiger partial charge >= 0.3 is 0 Å². The molecule has 0 aliphatic heterocycles. The second-order valence-electron chi connectivity index (χ2n) is 4.51. The quantitative estimate of drug-likeness (QED) is 0.728. The van der Waals surface area contributed by atoms with E-state index in [4.69, 9.17) is 23.2 Å². The van der Waals surface area contributed by atoms with Gasteiger partial charge < -0.3 is 4.57 Å². The molecule has 0 bridgehead atoms. The molecule has 2 rings (SSSR count). The molecule has 0 aliphatic carbocycles. The molecular weight excluding hydrogens is 241 g/mol. The molecule has 0 atom stereocenters. The molecule has 16 heavy (non-hydrogen) atoms. The predicted molar refractivity (Wildman–Crippen MR) is 71.4 cm³/mol. The minimum Gasteiger partial charge on any atom is -0.347 e. The zero-order chi connectivity index (χ0) is 11.7. The number of aryl methyl sites for hydroxylation is 1. The van der Waals surface area contributed by atoms with Crippen molar-refractivity contribution in [2.24, 2.45) is 5.92 Å². The first-order chi connectivity index (χ1) is 7.58. The largest absolute Gasteiger partial charge is 0.347 e. The maximum absolute atomic E-state index is 6.14. The molecule has 86 valence electrons. The van der Waals surface area contributed by atoms with Crippen molar-refractivity contribution in [3.63, 3.8) is 0 Å². The molecule has 3 heteroatoms. The summed E-state index contributed by atoms with van der Waals surface area (Å²) < 4.78 is 2.22.